The lowest BCUT2D eigenvalue weighted by Gasteiger charge is -1.95. The van der Waals surface area contributed by atoms with Crippen LogP contribution in [0.2, 0.25) is 0 Å². The van der Waals surface area contributed by atoms with E-state index in [-0.39, 0.29) is 0 Å². The van der Waals surface area contributed by atoms with Crippen molar-refractivity contribution in [3.63, 3.8) is 0 Å². The van der Waals surface area contributed by atoms with E-state index in [1.807, 2.05) is 30.3 Å². The molecule has 0 fully saturated rings. The van der Waals surface area contributed by atoms with Gasteiger partial charge in [-0.15, -0.1) is 0 Å². The van der Waals surface area contributed by atoms with Crippen LogP contribution in [0.25, 0.3) is 22.6 Å². The van der Waals surface area contributed by atoms with Crippen molar-refractivity contribution in [1.29, 1.82) is 0 Å². The van der Waals surface area contributed by atoms with Crippen LogP contribution >= 0.6 is 0 Å². The maximum Gasteiger partial charge on any atom is 0.238 e. The van der Waals surface area contributed by atoms with Gasteiger partial charge in [-0.2, -0.15) is 4.98 Å². The van der Waals surface area contributed by atoms with Crippen LogP contribution in [0, 0.1) is 0 Å². The number of aliphatic hydroxyl groups excluding tert-OH is 1. The highest BCUT2D eigenvalue weighted by Crippen LogP contribution is 2.25. The third kappa shape index (κ3) is 2.00. The maximum absolute atomic E-state index is 9.25. The fraction of sp³-hybridized carbons (Fsp3) is 0.231. The summed E-state index contributed by atoms with van der Waals surface area (Å²) in [4.78, 5) is 4.18. The lowest BCUT2D eigenvalue weighted by molar-refractivity contribution is 0.181. The normalized spacial score (nSPS) is 13.0. The minimum atomic E-state index is -0.506. The molecule has 0 amide bonds. The third-order valence-electron chi connectivity index (χ3n) is 2.58. The number of furan rings is 1. The molecule has 0 saturated carbocycles. The molecule has 1 N–H and O–H groups in total. The first-order valence-electron chi connectivity index (χ1n) is 5.72. The van der Waals surface area contributed by atoms with Crippen molar-refractivity contribution in [3.05, 3.63) is 36.2 Å². The van der Waals surface area contributed by atoms with E-state index < -0.39 is 6.10 Å². The number of rotatable bonds is 3. The van der Waals surface area contributed by atoms with Crippen molar-refractivity contribution in [3.8, 4) is 11.6 Å². The Kier molecular flexibility index (Phi) is 2.60. The Morgan fingerprint density at radius 3 is 2.94 bits per heavy atom. The highest BCUT2D eigenvalue weighted by atomic mass is 16.5. The summed E-state index contributed by atoms with van der Waals surface area (Å²) >= 11 is 0. The summed E-state index contributed by atoms with van der Waals surface area (Å²) in [5, 5.41) is 14.1. The fourth-order valence-corrected chi connectivity index (χ4v) is 1.78. The van der Waals surface area contributed by atoms with Crippen molar-refractivity contribution in [2.45, 2.75) is 19.4 Å². The lowest BCUT2D eigenvalue weighted by Crippen LogP contribution is -2.04. The van der Waals surface area contributed by atoms with E-state index in [9.17, 15) is 5.11 Å². The van der Waals surface area contributed by atoms with E-state index in [2.05, 4.69) is 10.1 Å². The molecular formula is C13H12N2O3. The molecule has 2 heterocycles. The van der Waals surface area contributed by atoms with E-state index in [4.69, 9.17) is 8.94 Å². The van der Waals surface area contributed by atoms with Gasteiger partial charge >= 0.3 is 0 Å². The molecule has 1 atom stereocenters. The van der Waals surface area contributed by atoms with Gasteiger partial charge in [-0.1, -0.05) is 23.4 Å². The molecular weight excluding hydrogens is 232 g/mol. The van der Waals surface area contributed by atoms with E-state index in [1.54, 1.807) is 6.92 Å². The average molecular weight is 244 g/mol. The summed E-state index contributed by atoms with van der Waals surface area (Å²) in [5.74, 6) is 1.37. The molecule has 0 spiro atoms. The van der Waals surface area contributed by atoms with Gasteiger partial charge in [-0.05, 0) is 19.1 Å². The monoisotopic (exact) mass is 244 g/mol. The molecule has 18 heavy (non-hydrogen) atoms. The number of hydrogen-bond donors (Lipinski definition) is 1. The molecule has 3 aromatic rings. The molecule has 0 aliphatic carbocycles. The van der Waals surface area contributed by atoms with Crippen molar-refractivity contribution in [1.82, 2.24) is 10.1 Å². The number of aliphatic hydroxyl groups is 1. The quantitative estimate of drug-likeness (QED) is 0.765. The lowest BCUT2D eigenvalue weighted by atomic mass is 10.2. The van der Waals surface area contributed by atoms with Crippen molar-refractivity contribution in [2.24, 2.45) is 0 Å². The molecule has 0 radical (unpaired) electrons. The molecule has 0 aliphatic rings. The van der Waals surface area contributed by atoms with E-state index in [0.717, 1.165) is 11.0 Å². The molecule has 2 aromatic heterocycles. The van der Waals surface area contributed by atoms with Crippen molar-refractivity contribution < 1.29 is 14.0 Å². The Balaban J connectivity index is 1.96. The van der Waals surface area contributed by atoms with Crippen LogP contribution in [0.5, 0.6) is 0 Å². The SMILES string of the molecule is CC(O)Cc1nc(-c2cc3ccccc3o2)no1. The van der Waals surface area contributed by atoms with Gasteiger partial charge in [0.1, 0.15) is 5.58 Å². The van der Waals surface area contributed by atoms with E-state index >= 15 is 0 Å². The first kappa shape index (κ1) is 11.0. The zero-order chi connectivity index (χ0) is 12.5. The predicted molar refractivity (Wildman–Crippen MR) is 64.9 cm³/mol. The highest BCUT2D eigenvalue weighted by molar-refractivity contribution is 5.81. The van der Waals surface area contributed by atoms with Crippen LogP contribution < -0.4 is 0 Å². The minimum Gasteiger partial charge on any atom is -0.453 e. The van der Waals surface area contributed by atoms with Gasteiger partial charge in [-0.3, -0.25) is 0 Å². The van der Waals surface area contributed by atoms with Crippen LogP contribution in [0.3, 0.4) is 0 Å². The highest BCUT2D eigenvalue weighted by Gasteiger charge is 2.14. The minimum absolute atomic E-state index is 0.341. The van der Waals surface area contributed by atoms with Gasteiger partial charge in [-0.25, -0.2) is 0 Å². The summed E-state index contributed by atoms with van der Waals surface area (Å²) in [5.41, 5.74) is 0.786. The third-order valence-corrected chi connectivity index (χ3v) is 2.58. The molecule has 0 bridgehead atoms. The Hall–Kier alpha value is -2.14. The second-order valence-electron chi connectivity index (χ2n) is 4.21. The number of aromatic nitrogens is 2. The summed E-state index contributed by atoms with van der Waals surface area (Å²) in [6.07, 6.45) is -0.165. The Morgan fingerprint density at radius 1 is 1.33 bits per heavy atom. The Bertz CT molecular complexity index is 636. The molecule has 3 rings (SSSR count). The molecule has 5 heteroatoms. The Morgan fingerprint density at radius 2 is 2.17 bits per heavy atom. The Labute approximate surface area is 103 Å². The smallest absolute Gasteiger partial charge is 0.238 e. The molecule has 92 valence electrons. The van der Waals surface area contributed by atoms with Gasteiger partial charge < -0.3 is 14.0 Å². The molecule has 0 aliphatic heterocycles. The summed E-state index contributed by atoms with van der Waals surface area (Å²) in [7, 11) is 0. The van der Waals surface area contributed by atoms with Crippen LogP contribution in [-0.4, -0.2) is 21.4 Å². The predicted octanol–water partition coefficient (Wildman–Crippen LogP) is 2.41. The van der Waals surface area contributed by atoms with E-state index in [1.165, 1.54) is 0 Å². The van der Waals surface area contributed by atoms with Gasteiger partial charge in [0.05, 0.1) is 12.5 Å². The molecule has 0 saturated heterocycles. The number of hydrogen-bond acceptors (Lipinski definition) is 5. The number of fused-ring (bicyclic) bond motifs is 1. The summed E-state index contributed by atoms with van der Waals surface area (Å²) in [6, 6.07) is 9.56. The summed E-state index contributed by atoms with van der Waals surface area (Å²) < 4.78 is 10.7. The average Bonchev–Trinajstić information content (AvgIpc) is 2.93. The zero-order valence-electron chi connectivity index (χ0n) is 9.83. The summed E-state index contributed by atoms with van der Waals surface area (Å²) in [6.45, 7) is 1.67. The zero-order valence-corrected chi connectivity index (χ0v) is 9.83. The fourth-order valence-electron chi connectivity index (χ4n) is 1.78. The van der Waals surface area contributed by atoms with Crippen molar-refractivity contribution in [2.75, 3.05) is 0 Å². The van der Waals surface area contributed by atoms with Gasteiger partial charge in [0.25, 0.3) is 0 Å². The van der Waals surface area contributed by atoms with Crippen LogP contribution in [0.4, 0.5) is 0 Å². The van der Waals surface area contributed by atoms with Gasteiger partial charge in [0, 0.05) is 5.39 Å². The second-order valence-corrected chi connectivity index (χ2v) is 4.21. The van der Waals surface area contributed by atoms with Gasteiger partial charge in [0.2, 0.25) is 11.7 Å². The first-order chi connectivity index (χ1) is 8.72. The molecule has 1 unspecified atom stereocenters. The first-order valence-corrected chi connectivity index (χ1v) is 5.72. The van der Waals surface area contributed by atoms with Crippen LogP contribution in [0.1, 0.15) is 12.8 Å². The molecule has 1 aromatic carbocycles. The second kappa shape index (κ2) is 4.27. The van der Waals surface area contributed by atoms with Crippen LogP contribution in [-0.2, 0) is 6.42 Å². The molecule has 5 nitrogen and oxygen atoms in total. The topological polar surface area (TPSA) is 72.3 Å². The standard InChI is InChI=1S/C13H12N2O3/c1-8(16)6-12-14-13(15-18-12)11-7-9-4-2-3-5-10(9)17-11/h2-5,7-8,16H,6H2,1H3. The number of para-hydroxylation sites is 1. The number of benzene rings is 1. The van der Waals surface area contributed by atoms with E-state index in [0.29, 0.717) is 23.9 Å². The van der Waals surface area contributed by atoms with Crippen molar-refractivity contribution >= 4 is 11.0 Å². The maximum atomic E-state index is 9.25. The largest absolute Gasteiger partial charge is 0.453 e. The van der Waals surface area contributed by atoms with Crippen LogP contribution in [0.15, 0.2) is 39.3 Å². The van der Waals surface area contributed by atoms with Gasteiger partial charge in [0.15, 0.2) is 5.76 Å². The number of nitrogens with zero attached hydrogens (tertiary/aromatic N) is 2.